The molecule has 16 heavy (non-hydrogen) atoms. The first kappa shape index (κ1) is 12.7. The molecular formula is C9H14N2O4S. The highest BCUT2D eigenvalue weighted by molar-refractivity contribution is 7.91. The number of carbonyl (C=O) groups is 1. The first-order valence-corrected chi connectivity index (χ1v) is 6.72. The summed E-state index contributed by atoms with van der Waals surface area (Å²) in [6.07, 6.45) is 3.24. The molecule has 0 bridgehead atoms. The van der Waals surface area contributed by atoms with E-state index >= 15 is 0 Å². The van der Waals surface area contributed by atoms with Crippen molar-refractivity contribution in [2.75, 3.05) is 11.5 Å². The molecule has 0 amide bonds. The number of aromatic carboxylic acids is 1. The molecule has 6 nitrogen and oxygen atoms in total. The average molecular weight is 246 g/mol. The zero-order chi connectivity index (χ0) is 12.2. The second-order valence-corrected chi connectivity index (χ2v) is 5.86. The minimum Gasteiger partial charge on any atom is -0.476 e. The molecule has 1 aromatic heterocycles. The van der Waals surface area contributed by atoms with Crippen LogP contribution in [-0.2, 0) is 16.4 Å². The smallest absolute Gasteiger partial charge is 0.356 e. The maximum atomic E-state index is 11.2. The number of imidazole rings is 1. The highest BCUT2D eigenvalue weighted by Crippen LogP contribution is 2.00. The van der Waals surface area contributed by atoms with Gasteiger partial charge in [-0.2, -0.15) is 0 Å². The fraction of sp³-hybridized carbons (Fsp3) is 0.556. The molecule has 0 saturated carbocycles. The van der Waals surface area contributed by atoms with Gasteiger partial charge in [0.25, 0.3) is 0 Å². The Balaban J connectivity index is 2.46. The van der Waals surface area contributed by atoms with Gasteiger partial charge in [0.1, 0.15) is 9.84 Å². The molecule has 0 aromatic carbocycles. The van der Waals surface area contributed by atoms with E-state index in [2.05, 4.69) is 4.98 Å². The Morgan fingerprint density at radius 3 is 2.75 bits per heavy atom. The maximum Gasteiger partial charge on any atom is 0.356 e. The Kier molecular flexibility index (Phi) is 4.05. The van der Waals surface area contributed by atoms with Crippen molar-refractivity contribution in [3.8, 4) is 0 Å². The van der Waals surface area contributed by atoms with Gasteiger partial charge in [-0.15, -0.1) is 0 Å². The van der Waals surface area contributed by atoms with E-state index in [1.807, 2.05) is 0 Å². The molecule has 0 aliphatic carbocycles. The van der Waals surface area contributed by atoms with E-state index in [-0.39, 0.29) is 17.2 Å². The van der Waals surface area contributed by atoms with E-state index < -0.39 is 15.8 Å². The average Bonchev–Trinajstić information content (AvgIpc) is 2.66. The minimum absolute atomic E-state index is 0.0293. The van der Waals surface area contributed by atoms with Crippen LogP contribution in [0.5, 0.6) is 0 Å². The number of carboxylic acid groups (broad SMARTS) is 1. The number of rotatable bonds is 6. The van der Waals surface area contributed by atoms with E-state index in [9.17, 15) is 13.2 Å². The fourth-order valence-corrected chi connectivity index (χ4v) is 2.06. The van der Waals surface area contributed by atoms with Crippen molar-refractivity contribution in [1.29, 1.82) is 0 Å². The van der Waals surface area contributed by atoms with Crippen molar-refractivity contribution >= 4 is 15.8 Å². The van der Waals surface area contributed by atoms with Gasteiger partial charge in [-0.1, -0.05) is 6.92 Å². The Morgan fingerprint density at radius 1 is 1.56 bits per heavy atom. The molecule has 0 aliphatic rings. The highest BCUT2D eigenvalue weighted by Gasteiger charge is 2.08. The number of nitrogens with zero attached hydrogens (tertiary/aromatic N) is 2. The van der Waals surface area contributed by atoms with Crippen LogP contribution < -0.4 is 0 Å². The Hall–Kier alpha value is -1.37. The van der Waals surface area contributed by atoms with Crippen LogP contribution in [0, 0.1) is 0 Å². The molecular weight excluding hydrogens is 232 g/mol. The summed E-state index contributed by atoms with van der Waals surface area (Å²) in [5.74, 6) is -0.832. The van der Waals surface area contributed by atoms with Crippen molar-refractivity contribution in [3.05, 3.63) is 18.2 Å². The van der Waals surface area contributed by atoms with Crippen LogP contribution in [0.2, 0.25) is 0 Å². The second-order valence-electron chi connectivity index (χ2n) is 3.39. The van der Waals surface area contributed by atoms with Gasteiger partial charge in [0, 0.05) is 18.5 Å². The van der Waals surface area contributed by atoms with Gasteiger partial charge in [0.05, 0.1) is 12.1 Å². The standard InChI is InChI=1S/C9H14N2O4S/c1-2-16(14,15)5-3-4-11-6-8(9(12)13)10-7-11/h6-7H,2-5H2,1H3,(H,12,13). The molecule has 1 rings (SSSR count). The van der Waals surface area contributed by atoms with E-state index in [4.69, 9.17) is 5.11 Å². The largest absolute Gasteiger partial charge is 0.476 e. The summed E-state index contributed by atoms with van der Waals surface area (Å²) >= 11 is 0. The van der Waals surface area contributed by atoms with Crippen molar-refractivity contribution in [2.45, 2.75) is 19.9 Å². The van der Waals surface area contributed by atoms with Crippen molar-refractivity contribution in [2.24, 2.45) is 0 Å². The maximum absolute atomic E-state index is 11.2. The molecule has 0 fully saturated rings. The Bertz CT molecular complexity index is 464. The van der Waals surface area contributed by atoms with Gasteiger partial charge in [0.15, 0.2) is 5.69 Å². The summed E-state index contributed by atoms with van der Waals surface area (Å²) in [6.45, 7) is 2.06. The normalized spacial score (nSPS) is 11.6. The molecule has 1 N–H and O–H groups in total. The lowest BCUT2D eigenvalue weighted by molar-refractivity contribution is 0.0691. The Labute approximate surface area is 93.8 Å². The SMILES string of the molecule is CCS(=O)(=O)CCCn1cnc(C(=O)O)c1. The predicted molar refractivity (Wildman–Crippen MR) is 58.1 cm³/mol. The molecule has 0 radical (unpaired) electrons. The van der Waals surface area contributed by atoms with Gasteiger partial charge < -0.3 is 9.67 Å². The van der Waals surface area contributed by atoms with Crippen LogP contribution in [0.4, 0.5) is 0 Å². The molecule has 0 spiro atoms. The molecule has 0 atom stereocenters. The first-order valence-electron chi connectivity index (χ1n) is 4.90. The van der Waals surface area contributed by atoms with E-state index in [0.29, 0.717) is 13.0 Å². The minimum atomic E-state index is -2.95. The van der Waals surface area contributed by atoms with Crippen molar-refractivity contribution in [3.63, 3.8) is 0 Å². The Morgan fingerprint density at radius 2 is 2.25 bits per heavy atom. The molecule has 0 saturated heterocycles. The summed E-state index contributed by atoms with van der Waals surface area (Å²) in [5, 5.41) is 8.62. The summed E-state index contributed by atoms with van der Waals surface area (Å²) in [7, 11) is -2.95. The van der Waals surface area contributed by atoms with Gasteiger partial charge in [0.2, 0.25) is 0 Å². The third-order valence-corrected chi connectivity index (χ3v) is 3.95. The highest BCUT2D eigenvalue weighted by atomic mass is 32.2. The lowest BCUT2D eigenvalue weighted by Gasteiger charge is -2.01. The van der Waals surface area contributed by atoms with Gasteiger partial charge in [-0.3, -0.25) is 0 Å². The molecule has 0 unspecified atom stereocenters. The zero-order valence-corrected chi connectivity index (χ0v) is 9.77. The fourth-order valence-electron chi connectivity index (χ4n) is 1.20. The van der Waals surface area contributed by atoms with Gasteiger partial charge >= 0.3 is 5.97 Å². The quantitative estimate of drug-likeness (QED) is 0.785. The van der Waals surface area contributed by atoms with E-state index in [1.54, 1.807) is 11.5 Å². The molecule has 90 valence electrons. The molecule has 0 aliphatic heterocycles. The molecule has 7 heteroatoms. The van der Waals surface area contributed by atoms with Crippen LogP contribution in [0.25, 0.3) is 0 Å². The van der Waals surface area contributed by atoms with Crippen LogP contribution >= 0.6 is 0 Å². The van der Waals surface area contributed by atoms with Crippen LogP contribution in [0.3, 0.4) is 0 Å². The van der Waals surface area contributed by atoms with Crippen molar-refractivity contribution in [1.82, 2.24) is 9.55 Å². The molecule has 1 heterocycles. The summed E-state index contributed by atoms with van der Waals surface area (Å²) in [5.41, 5.74) is -0.0293. The van der Waals surface area contributed by atoms with Crippen LogP contribution in [0.1, 0.15) is 23.8 Å². The number of aromatic nitrogens is 2. The number of carboxylic acids is 1. The lowest BCUT2D eigenvalue weighted by atomic mass is 10.4. The number of sulfone groups is 1. The predicted octanol–water partition coefficient (Wildman–Crippen LogP) is 0.406. The van der Waals surface area contributed by atoms with Gasteiger partial charge in [-0.25, -0.2) is 18.2 Å². The first-order chi connectivity index (χ1) is 7.44. The topological polar surface area (TPSA) is 89.3 Å². The lowest BCUT2D eigenvalue weighted by Crippen LogP contribution is -2.10. The van der Waals surface area contributed by atoms with Gasteiger partial charge in [-0.05, 0) is 6.42 Å². The summed E-state index contributed by atoms with van der Waals surface area (Å²) < 4.78 is 23.9. The third kappa shape index (κ3) is 3.65. The zero-order valence-electron chi connectivity index (χ0n) is 8.96. The monoisotopic (exact) mass is 246 g/mol. The van der Waals surface area contributed by atoms with Crippen LogP contribution in [0.15, 0.2) is 12.5 Å². The third-order valence-electron chi connectivity index (χ3n) is 2.16. The van der Waals surface area contributed by atoms with E-state index in [1.165, 1.54) is 12.5 Å². The van der Waals surface area contributed by atoms with E-state index in [0.717, 1.165) is 0 Å². The van der Waals surface area contributed by atoms with Crippen molar-refractivity contribution < 1.29 is 18.3 Å². The number of aryl methyl sites for hydroxylation is 1. The number of hydrogen-bond donors (Lipinski definition) is 1. The van der Waals surface area contributed by atoms with Crippen LogP contribution in [-0.4, -0.2) is 40.6 Å². The summed E-state index contributed by atoms with van der Waals surface area (Å²) in [6, 6.07) is 0. The summed E-state index contributed by atoms with van der Waals surface area (Å²) in [4.78, 5) is 14.2. The number of hydrogen-bond acceptors (Lipinski definition) is 4. The second kappa shape index (κ2) is 5.11. The molecule has 1 aromatic rings.